The van der Waals surface area contributed by atoms with Crippen molar-refractivity contribution in [3.63, 3.8) is 0 Å². The van der Waals surface area contributed by atoms with E-state index >= 15 is 0 Å². The molecule has 0 saturated heterocycles. The van der Waals surface area contributed by atoms with Crippen LogP contribution in [0.3, 0.4) is 0 Å². The minimum absolute atomic E-state index is 0. The van der Waals surface area contributed by atoms with Crippen LogP contribution < -0.4 is 5.32 Å². The highest BCUT2D eigenvalue weighted by Crippen LogP contribution is 2.38. The molecule has 0 heterocycles. The van der Waals surface area contributed by atoms with E-state index in [1.54, 1.807) is 23.7 Å². The van der Waals surface area contributed by atoms with Crippen LogP contribution in [0.15, 0.2) is 34.2 Å². The fraction of sp³-hybridized carbons (Fsp3) is 0.600. The van der Waals surface area contributed by atoms with Gasteiger partial charge < -0.3 is 15.1 Å². The highest BCUT2D eigenvalue weighted by atomic mass is 127. The molecule has 0 unspecified atom stereocenters. The van der Waals surface area contributed by atoms with E-state index in [4.69, 9.17) is 0 Å². The number of carbonyl (C=O) groups is 1. The van der Waals surface area contributed by atoms with Gasteiger partial charge in [-0.25, -0.2) is 0 Å². The van der Waals surface area contributed by atoms with Gasteiger partial charge in [0, 0.05) is 46.2 Å². The van der Waals surface area contributed by atoms with E-state index in [0.717, 1.165) is 38.2 Å². The molecule has 1 amide bonds. The Labute approximate surface area is 185 Å². The van der Waals surface area contributed by atoms with Crippen molar-refractivity contribution in [1.29, 1.82) is 0 Å². The molecule has 1 aliphatic carbocycles. The van der Waals surface area contributed by atoms with Crippen molar-refractivity contribution in [2.75, 3.05) is 41.0 Å². The van der Waals surface area contributed by atoms with E-state index in [1.165, 1.54) is 10.5 Å². The van der Waals surface area contributed by atoms with Crippen molar-refractivity contribution >= 4 is 47.6 Å². The largest absolute Gasteiger partial charge is 0.355 e. The van der Waals surface area contributed by atoms with Gasteiger partial charge in [-0.2, -0.15) is 0 Å². The van der Waals surface area contributed by atoms with Crippen LogP contribution in [-0.4, -0.2) is 62.7 Å². The van der Waals surface area contributed by atoms with Crippen molar-refractivity contribution in [3.8, 4) is 0 Å². The van der Waals surface area contributed by atoms with E-state index in [2.05, 4.69) is 45.7 Å². The van der Waals surface area contributed by atoms with Crippen molar-refractivity contribution in [1.82, 2.24) is 15.1 Å². The third-order valence-electron chi connectivity index (χ3n) is 5.16. The lowest BCUT2D eigenvalue weighted by atomic mass is 9.84. The molecule has 0 spiro atoms. The Morgan fingerprint density at radius 3 is 2.26 bits per heavy atom. The third-order valence-corrected chi connectivity index (χ3v) is 5.90. The summed E-state index contributed by atoms with van der Waals surface area (Å²) in [5, 5.41) is 3.45. The third kappa shape index (κ3) is 6.27. The van der Waals surface area contributed by atoms with E-state index in [1.807, 2.05) is 21.1 Å². The number of aliphatic imine (C=N–C) groups is 1. The first-order valence-electron chi connectivity index (χ1n) is 9.18. The SMILES string of the molecule is CN=C(NCC1(C(=O)N(C)C)CCCC1)N(C)Cc1ccc(SC)cc1.I. The molecule has 0 bridgehead atoms. The summed E-state index contributed by atoms with van der Waals surface area (Å²) in [5.74, 6) is 1.06. The first-order valence-corrected chi connectivity index (χ1v) is 10.4. The molecule has 0 aliphatic heterocycles. The Balaban J connectivity index is 0.00000364. The molecule has 0 atom stereocenters. The standard InChI is InChI=1S/C20H32N4OS.HI/c1-21-19(24(4)14-16-8-10-17(26-5)11-9-16)22-15-20(12-6-7-13-20)18(25)23(2)3;/h8-11H,6-7,12-15H2,1-5H3,(H,21,22);1H. The minimum Gasteiger partial charge on any atom is -0.355 e. The second-order valence-corrected chi connectivity index (χ2v) is 8.17. The molecule has 1 aliphatic rings. The van der Waals surface area contributed by atoms with Crippen molar-refractivity contribution in [2.24, 2.45) is 10.4 Å². The van der Waals surface area contributed by atoms with Gasteiger partial charge in [-0.1, -0.05) is 25.0 Å². The maximum absolute atomic E-state index is 12.7. The van der Waals surface area contributed by atoms with E-state index in [0.29, 0.717) is 6.54 Å². The summed E-state index contributed by atoms with van der Waals surface area (Å²) in [6.07, 6.45) is 6.23. The number of hydrogen-bond acceptors (Lipinski definition) is 3. The average molecular weight is 504 g/mol. The monoisotopic (exact) mass is 504 g/mol. The summed E-state index contributed by atoms with van der Waals surface area (Å²) >= 11 is 1.75. The van der Waals surface area contributed by atoms with E-state index < -0.39 is 0 Å². The van der Waals surface area contributed by atoms with Crippen LogP contribution in [0.4, 0.5) is 0 Å². The Bertz CT molecular complexity index is 627. The van der Waals surface area contributed by atoms with Gasteiger partial charge in [-0.15, -0.1) is 35.7 Å². The Morgan fingerprint density at radius 2 is 1.78 bits per heavy atom. The number of halogens is 1. The summed E-state index contributed by atoms with van der Waals surface area (Å²) < 4.78 is 0. The minimum atomic E-state index is -0.291. The zero-order chi connectivity index (χ0) is 19.2. The van der Waals surface area contributed by atoms with Gasteiger partial charge in [0.1, 0.15) is 0 Å². The molecule has 1 saturated carbocycles. The smallest absolute Gasteiger partial charge is 0.230 e. The number of guanidine groups is 1. The van der Waals surface area contributed by atoms with Crippen molar-refractivity contribution in [3.05, 3.63) is 29.8 Å². The molecule has 0 aromatic heterocycles. The van der Waals surface area contributed by atoms with Crippen LogP contribution in [0.25, 0.3) is 0 Å². The van der Waals surface area contributed by atoms with Gasteiger partial charge in [-0.05, 0) is 36.8 Å². The number of nitrogens with zero attached hydrogens (tertiary/aromatic N) is 3. The molecule has 1 N–H and O–H groups in total. The molecule has 1 aromatic carbocycles. The predicted molar refractivity (Wildman–Crippen MR) is 126 cm³/mol. The zero-order valence-electron chi connectivity index (χ0n) is 17.1. The highest BCUT2D eigenvalue weighted by Gasteiger charge is 2.42. The lowest BCUT2D eigenvalue weighted by molar-refractivity contribution is -0.138. The van der Waals surface area contributed by atoms with Crippen molar-refractivity contribution in [2.45, 2.75) is 37.1 Å². The second kappa shape index (κ2) is 11.1. The number of amides is 1. The molecule has 27 heavy (non-hydrogen) atoms. The first-order chi connectivity index (χ1) is 12.4. The number of thioether (sulfide) groups is 1. The van der Waals surface area contributed by atoms with Gasteiger partial charge in [0.05, 0.1) is 5.41 Å². The van der Waals surface area contributed by atoms with Crippen LogP contribution in [-0.2, 0) is 11.3 Å². The first kappa shape index (κ1) is 24.1. The quantitative estimate of drug-likeness (QED) is 0.278. The van der Waals surface area contributed by atoms with Crippen LogP contribution in [0.2, 0.25) is 0 Å². The van der Waals surface area contributed by atoms with Crippen LogP contribution >= 0.6 is 35.7 Å². The highest BCUT2D eigenvalue weighted by molar-refractivity contribution is 14.0. The number of nitrogens with one attached hydrogen (secondary N) is 1. The Hall–Kier alpha value is -0.960. The van der Waals surface area contributed by atoms with Gasteiger partial charge in [0.25, 0.3) is 0 Å². The average Bonchev–Trinajstić information content (AvgIpc) is 3.12. The fourth-order valence-corrected chi connectivity index (χ4v) is 4.11. The van der Waals surface area contributed by atoms with Crippen LogP contribution in [0.1, 0.15) is 31.2 Å². The normalized spacial score (nSPS) is 15.8. The second-order valence-electron chi connectivity index (χ2n) is 7.29. The summed E-state index contributed by atoms with van der Waals surface area (Å²) in [7, 11) is 7.53. The molecule has 1 aromatic rings. The number of rotatable bonds is 6. The summed E-state index contributed by atoms with van der Waals surface area (Å²) in [5.41, 5.74) is 0.952. The zero-order valence-corrected chi connectivity index (χ0v) is 20.3. The lowest BCUT2D eigenvalue weighted by Gasteiger charge is -2.32. The maximum atomic E-state index is 12.7. The van der Waals surface area contributed by atoms with Crippen molar-refractivity contribution < 1.29 is 4.79 Å². The maximum Gasteiger partial charge on any atom is 0.230 e. The molecule has 1 fully saturated rings. The topological polar surface area (TPSA) is 47.9 Å². The Morgan fingerprint density at radius 1 is 1.19 bits per heavy atom. The Kier molecular flexibility index (Phi) is 9.94. The number of carbonyl (C=O) groups excluding carboxylic acids is 1. The summed E-state index contributed by atoms with van der Waals surface area (Å²) in [4.78, 5) is 22.2. The molecule has 7 heteroatoms. The lowest BCUT2D eigenvalue weighted by Crippen LogP contribution is -2.49. The van der Waals surface area contributed by atoms with Gasteiger partial charge in [0.15, 0.2) is 5.96 Å². The molecular formula is C20H33IN4OS. The predicted octanol–water partition coefficient (Wildman–Crippen LogP) is 3.68. The van der Waals surface area contributed by atoms with Gasteiger partial charge in [0.2, 0.25) is 5.91 Å². The number of hydrogen-bond donors (Lipinski definition) is 1. The molecule has 152 valence electrons. The van der Waals surface area contributed by atoms with Gasteiger partial charge in [-0.3, -0.25) is 9.79 Å². The molecule has 5 nitrogen and oxygen atoms in total. The molecule has 2 rings (SSSR count). The van der Waals surface area contributed by atoms with Crippen LogP contribution in [0.5, 0.6) is 0 Å². The summed E-state index contributed by atoms with van der Waals surface area (Å²) in [6.45, 7) is 1.43. The summed E-state index contributed by atoms with van der Waals surface area (Å²) in [6, 6.07) is 8.61. The fourth-order valence-electron chi connectivity index (χ4n) is 3.71. The van der Waals surface area contributed by atoms with Crippen LogP contribution in [0, 0.1) is 5.41 Å². The van der Waals surface area contributed by atoms with E-state index in [-0.39, 0.29) is 35.3 Å². The van der Waals surface area contributed by atoms with E-state index in [9.17, 15) is 4.79 Å². The molecular weight excluding hydrogens is 471 g/mol. The number of benzene rings is 1. The molecule has 0 radical (unpaired) electrons. The van der Waals surface area contributed by atoms with Gasteiger partial charge >= 0.3 is 0 Å².